The Kier molecular flexibility index (Phi) is 10.0. The van der Waals surface area contributed by atoms with Crippen LogP contribution in [0.3, 0.4) is 0 Å². The summed E-state index contributed by atoms with van der Waals surface area (Å²) >= 11 is 2.37. The highest BCUT2D eigenvalue weighted by Crippen LogP contribution is 2.41. The second kappa shape index (κ2) is 13.5. The number of benzene rings is 2. The van der Waals surface area contributed by atoms with Gasteiger partial charge in [-0.2, -0.15) is 0 Å². The van der Waals surface area contributed by atoms with Crippen LogP contribution < -0.4 is 18.9 Å². The van der Waals surface area contributed by atoms with Crippen LogP contribution in [0.5, 0.6) is 23.0 Å². The number of hydrogen-bond donors (Lipinski definition) is 1. The van der Waals surface area contributed by atoms with E-state index in [9.17, 15) is 19.2 Å². The predicted molar refractivity (Wildman–Crippen MR) is 162 cm³/mol. The van der Waals surface area contributed by atoms with Gasteiger partial charge in [-0.1, -0.05) is 13.8 Å². The van der Waals surface area contributed by atoms with E-state index in [4.69, 9.17) is 24.1 Å². The predicted octanol–water partition coefficient (Wildman–Crippen LogP) is 6.82. The molecule has 9 nitrogen and oxygen atoms in total. The molecule has 12 heteroatoms. The number of halogens is 1. The Morgan fingerprint density at radius 3 is 2.00 bits per heavy atom. The van der Waals surface area contributed by atoms with Crippen LogP contribution in [0, 0.1) is 17.7 Å². The largest absolute Gasteiger partial charge is 0.493 e. The minimum Gasteiger partial charge on any atom is -0.493 e. The Balaban J connectivity index is 1.47. The fraction of sp³-hybridized carbons (Fsp3) is 0.355. The first-order valence-electron chi connectivity index (χ1n) is 13.4. The second-order valence-electron chi connectivity index (χ2n) is 10.1. The molecule has 0 radical (unpaired) electrons. The van der Waals surface area contributed by atoms with Crippen molar-refractivity contribution in [1.29, 1.82) is 0 Å². The third-order valence-electron chi connectivity index (χ3n) is 6.94. The minimum absolute atomic E-state index is 0.0187. The number of rotatable bonds is 15. The molecule has 2 heterocycles. The summed E-state index contributed by atoms with van der Waals surface area (Å²) in [5.41, 5.74) is 0. The van der Waals surface area contributed by atoms with Gasteiger partial charge in [0.2, 0.25) is 0 Å². The molecular weight excluding hydrogens is 599 g/mol. The lowest BCUT2D eigenvalue weighted by atomic mass is 10.00. The number of fused-ring (bicyclic) bond motifs is 2. The van der Waals surface area contributed by atoms with E-state index < -0.39 is 23.6 Å². The van der Waals surface area contributed by atoms with Crippen molar-refractivity contribution in [2.45, 2.75) is 33.6 Å². The lowest BCUT2D eigenvalue weighted by Crippen LogP contribution is -2.13. The van der Waals surface area contributed by atoms with E-state index in [0.717, 1.165) is 21.4 Å². The van der Waals surface area contributed by atoms with Crippen LogP contribution in [-0.4, -0.2) is 55.9 Å². The Bertz CT molecular complexity index is 1700. The number of Topliss-reactive ketones (excluding diaryl/α,β-unsaturated/α-hetero) is 3. The first kappa shape index (κ1) is 31.9. The molecule has 0 fully saturated rings. The molecule has 2 aromatic heterocycles. The molecule has 0 aliphatic rings. The zero-order chi connectivity index (χ0) is 31.4. The number of ketones is 3. The third kappa shape index (κ3) is 7.14. The maximum absolute atomic E-state index is 15.5. The summed E-state index contributed by atoms with van der Waals surface area (Å²) in [5.74, 6) is -2.64. The Hall–Kier alpha value is -4.03. The molecule has 2 atom stereocenters. The van der Waals surface area contributed by atoms with E-state index in [1.54, 1.807) is 31.2 Å². The zero-order valence-electron chi connectivity index (χ0n) is 24.3. The number of carboxylic acid groups (broad SMARTS) is 1. The molecule has 0 unspecified atom stereocenters. The van der Waals surface area contributed by atoms with Crippen molar-refractivity contribution >= 4 is 66.2 Å². The van der Waals surface area contributed by atoms with Gasteiger partial charge in [0.15, 0.2) is 40.4 Å². The van der Waals surface area contributed by atoms with Crippen molar-refractivity contribution < 1.29 is 47.6 Å². The van der Waals surface area contributed by atoms with Crippen molar-refractivity contribution in [2.24, 2.45) is 11.8 Å². The van der Waals surface area contributed by atoms with Gasteiger partial charge in [-0.15, -0.1) is 22.7 Å². The fourth-order valence-electron chi connectivity index (χ4n) is 4.26. The molecule has 0 aliphatic heterocycles. The van der Waals surface area contributed by atoms with Crippen molar-refractivity contribution in [3.05, 3.63) is 45.9 Å². The fourth-order valence-corrected chi connectivity index (χ4v) is 6.32. The Morgan fingerprint density at radius 2 is 1.37 bits per heavy atom. The summed E-state index contributed by atoms with van der Waals surface area (Å²) in [7, 11) is 2.87. The summed E-state index contributed by atoms with van der Waals surface area (Å²) in [6.07, 6.45) is -0.0579. The molecular formula is C31H31FO9S2. The number of carbonyl (C=O) groups excluding carboxylic acids is 3. The summed E-state index contributed by atoms with van der Waals surface area (Å²) in [5, 5.41) is 10.1. The summed E-state index contributed by atoms with van der Waals surface area (Å²) in [6.45, 7) is 4.57. The molecule has 4 aromatic rings. The normalized spacial score (nSPS) is 12.6. The number of ether oxygens (including phenoxy) is 4. The van der Waals surface area contributed by atoms with Gasteiger partial charge in [-0.05, 0) is 30.5 Å². The molecule has 2 aromatic carbocycles. The maximum Gasteiger partial charge on any atom is 0.306 e. The van der Waals surface area contributed by atoms with Crippen LogP contribution in [0.2, 0.25) is 0 Å². The quantitative estimate of drug-likeness (QED) is 0.111. The number of methoxy groups -OCH3 is 2. The topological polar surface area (TPSA) is 125 Å². The van der Waals surface area contributed by atoms with Crippen LogP contribution >= 0.6 is 22.7 Å². The first-order valence-corrected chi connectivity index (χ1v) is 15.0. The van der Waals surface area contributed by atoms with Gasteiger partial charge < -0.3 is 24.1 Å². The number of thiophene rings is 2. The SMILES string of the molecule is COc1cc2sc(C(=O)C[C@H](C)C(=O)O)cc2cc1OCCOc1c(OC)cc2sc(C(=O)C[C@H](C)C(C)=O)cc2c1F. The van der Waals surface area contributed by atoms with E-state index in [2.05, 4.69) is 0 Å². The monoisotopic (exact) mass is 630 g/mol. The van der Waals surface area contributed by atoms with Crippen molar-refractivity contribution in [3.63, 3.8) is 0 Å². The highest BCUT2D eigenvalue weighted by molar-refractivity contribution is 7.21. The molecule has 0 bridgehead atoms. The van der Waals surface area contributed by atoms with E-state index in [-0.39, 0.29) is 60.3 Å². The summed E-state index contributed by atoms with van der Waals surface area (Å²) in [4.78, 5) is 48.7. The minimum atomic E-state index is -1.03. The smallest absolute Gasteiger partial charge is 0.306 e. The Labute approximate surface area is 255 Å². The van der Waals surface area contributed by atoms with Crippen LogP contribution in [-0.2, 0) is 9.59 Å². The molecule has 43 heavy (non-hydrogen) atoms. The van der Waals surface area contributed by atoms with Gasteiger partial charge in [0, 0.05) is 45.7 Å². The van der Waals surface area contributed by atoms with E-state index in [1.165, 1.54) is 45.5 Å². The van der Waals surface area contributed by atoms with E-state index >= 15 is 4.39 Å². The lowest BCUT2D eigenvalue weighted by Gasteiger charge is -2.14. The van der Waals surface area contributed by atoms with E-state index in [1.807, 2.05) is 0 Å². The average Bonchev–Trinajstić information content (AvgIpc) is 3.59. The maximum atomic E-state index is 15.5. The number of hydrogen-bond acceptors (Lipinski definition) is 10. The van der Waals surface area contributed by atoms with Crippen LogP contribution in [0.1, 0.15) is 53.0 Å². The van der Waals surface area contributed by atoms with Crippen molar-refractivity contribution in [2.75, 3.05) is 27.4 Å². The Morgan fingerprint density at radius 1 is 0.791 bits per heavy atom. The third-order valence-corrected chi connectivity index (χ3v) is 9.20. The molecule has 1 N–H and O–H groups in total. The molecule has 0 saturated carbocycles. The molecule has 228 valence electrons. The van der Waals surface area contributed by atoms with Gasteiger partial charge >= 0.3 is 5.97 Å². The molecule has 0 aliphatic carbocycles. The van der Waals surface area contributed by atoms with E-state index in [0.29, 0.717) is 26.0 Å². The van der Waals surface area contributed by atoms with Crippen LogP contribution in [0.25, 0.3) is 20.2 Å². The van der Waals surface area contributed by atoms with Gasteiger partial charge in [0.25, 0.3) is 0 Å². The first-order chi connectivity index (χ1) is 20.4. The van der Waals surface area contributed by atoms with Gasteiger partial charge in [0.1, 0.15) is 19.0 Å². The summed E-state index contributed by atoms with van der Waals surface area (Å²) in [6, 6.07) is 8.21. The molecule has 0 spiro atoms. The molecule has 0 saturated heterocycles. The number of aliphatic carboxylic acids is 1. The van der Waals surface area contributed by atoms with Gasteiger partial charge in [-0.3, -0.25) is 19.2 Å². The van der Waals surface area contributed by atoms with Crippen molar-refractivity contribution in [3.8, 4) is 23.0 Å². The molecule has 4 rings (SSSR count). The van der Waals surface area contributed by atoms with Crippen molar-refractivity contribution in [1.82, 2.24) is 0 Å². The number of carbonyl (C=O) groups is 4. The highest BCUT2D eigenvalue weighted by Gasteiger charge is 2.23. The zero-order valence-corrected chi connectivity index (χ0v) is 25.9. The van der Waals surface area contributed by atoms with Crippen LogP contribution in [0.15, 0.2) is 30.3 Å². The second-order valence-corrected chi connectivity index (χ2v) is 12.3. The standard InChI is InChI=1S/C31H31FO9S2/c1-15(17(3)33)8-20(34)28-12-19-26(43-28)14-24(39-5)30(29(19)32)41-7-6-40-23-10-18-11-27(21(35)9-16(2)31(36)37)42-25(18)13-22(23)38-4/h10-16H,6-9H2,1-5H3,(H,36,37)/t15-,16-/m0/s1. The van der Waals surface area contributed by atoms with Gasteiger partial charge in [-0.25, -0.2) is 4.39 Å². The number of carboxylic acids is 1. The summed E-state index contributed by atoms with van der Waals surface area (Å²) < 4.78 is 39.2. The lowest BCUT2D eigenvalue weighted by molar-refractivity contribution is -0.141. The van der Waals surface area contributed by atoms with Crippen LogP contribution in [0.4, 0.5) is 4.39 Å². The van der Waals surface area contributed by atoms with Gasteiger partial charge in [0.05, 0.1) is 29.9 Å². The average molecular weight is 631 g/mol. The highest BCUT2D eigenvalue weighted by atomic mass is 32.1. The molecule has 0 amide bonds.